The highest BCUT2D eigenvalue weighted by atomic mass is 16.5. The van der Waals surface area contributed by atoms with Crippen LogP contribution in [0.5, 0.6) is 0 Å². The van der Waals surface area contributed by atoms with Gasteiger partial charge in [0.2, 0.25) is 5.89 Å². The van der Waals surface area contributed by atoms with Gasteiger partial charge in [0.1, 0.15) is 5.76 Å². The van der Waals surface area contributed by atoms with Crippen LogP contribution in [0.1, 0.15) is 53.4 Å². The Hall–Kier alpha value is -2.92. The zero-order valence-corrected chi connectivity index (χ0v) is 17.7. The van der Waals surface area contributed by atoms with Gasteiger partial charge >= 0.3 is 0 Å². The van der Waals surface area contributed by atoms with Gasteiger partial charge in [0, 0.05) is 37.8 Å². The fourth-order valence-electron chi connectivity index (χ4n) is 4.23. The van der Waals surface area contributed by atoms with E-state index in [1.165, 1.54) is 0 Å². The molecule has 1 aromatic heterocycles. The first-order valence-electron chi connectivity index (χ1n) is 11.2. The Bertz CT molecular complexity index is 1010. The molecule has 0 bridgehead atoms. The number of carbonyl (C=O) groups is 1. The summed E-state index contributed by atoms with van der Waals surface area (Å²) in [6.07, 6.45) is 4.09. The Balaban J connectivity index is 1.45. The second kappa shape index (κ2) is 9.06. The Labute approximate surface area is 183 Å². The summed E-state index contributed by atoms with van der Waals surface area (Å²) in [5.41, 5.74) is 2.52. The van der Waals surface area contributed by atoms with Gasteiger partial charge in [0.05, 0.1) is 0 Å². The first-order chi connectivity index (χ1) is 15.3. The van der Waals surface area contributed by atoms with E-state index in [1.807, 2.05) is 53.4 Å². The maximum atomic E-state index is 13.8. The number of aromatic nitrogens is 1. The molecule has 5 rings (SSSR count). The molecule has 1 saturated heterocycles. The minimum absolute atomic E-state index is 0.0248. The summed E-state index contributed by atoms with van der Waals surface area (Å²) >= 11 is 0. The van der Waals surface area contributed by atoms with Crippen molar-refractivity contribution >= 4 is 5.91 Å². The molecule has 2 heterocycles. The van der Waals surface area contributed by atoms with E-state index in [4.69, 9.17) is 14.1 Å². The van der Waals surface area contributed by atoms with Gasteiger partial charge in [-0.1, -0.05) is 48.5 Å². The molecular weight excluding hydrogens is 388 g/mol. The third kappa shape index (κ3) is 4.72. The molecule has 1 aliphatic carbocycles. The first-order valence-corrected chi connectivity index (χ1v) is 11.2. The molecule has 3 aromatic rings. The molecule has 1 amide bonds. The maximum Gasteiger partial charge on any atom is 0.276 e. The van der Waals surface area contributed by atoms with E-state index in [9.17, 15) is 4.79 Å². The van der Waals surface area contributed by atoms with Crippen molar-refractivity contribution in [2.24, 2.45) is 5.92 Å². The van der Waals surface area contributed by atoms with Gasteiger partial charge in [-0.3, -0.25) is 4.79 Å². The Kier molecular flexibility index (Phi) is 5.85. The van der Waals surface area contributed by atoms with Crippen molar-refractivity contribution in [2.45, 2.75) is 38.1 Å². The van der Waals surface area contributed by atoms with Crippen LogP contribution in [0, 0.1) is 5.92 Å². The van der Waals surface area contributed by atoms with Gasteiger partial charge in [-0.25, -0.2) is 4.98 Å². The highest BCUT2D eigenvalue weighted by Crippen LogP contribution is 2.43. The van der Waals surface area contributed by atoms with E-state index >= 15 is 0 Å². The molecule has 0 atom stereocenters. The van der Waals surface area contributed by atoms with Gasteiger partial charge in [-0.15, -0.1) is 0 Å². The number of rotatable bonds is 7. The molecule has 0 N–H and O–H groups in total. The van der Waals surface area contributed by atoms with Gasteiger partial charge in [0.15, 0.2) is 5.69 Å². The molecule has 0 spiro atoms. The highest BCUT2D eigenvalue weighted by Gasteiger charge is 2.36. The van der Waals surface area contributed by atoms with Crippen molar-refractivity contribution in [2.75, 3.05) is 19.8 Å². The molecule has 5 heteroatoms. The number of carbonyl (C=O) groups excluding carboxylic acids is 1. The molecule has 1 aliphatic heterocycles. The van der Waals surface area contributed by atoms with E-state index in [1.54, 1.807) is 0 Å². The van der Waals surface area contributed by atoms with Crippen LogP contribution in [0.2, 0.25) is 0 Å². The fourth-order valence-corrected chi connectivity index (χ4v) is 4.23. The summed E-state index contributed by atoms with van der Waals surface area (Å²) in [6.45, 7) is 2.84. The lowest BCUT2D eigenvalue weighted by atomic mass is 9.99. The second-order valence-electron chi connectivity index (χ2n) is 8.60. The fraction of sp³-hybridized carbons (Fsp3) is 0.385. The van der Waals surface area contributed by atoms with Gasteiger partial charge < -0.3 is 14.1 Å². The van der Waals surface area contributed by atoms with E-state index in [0.29, 0.717) is 36.5 Å². The molecule has 0 unspecified atom stereocenters. The summed E-state index contributed by atoms with van der Waals surface area (Å²) in [5.74, 6) is 2.03. The van der Waals surface area contributed by atoms with Crippen LogP contribution in [-0.4, -0.2) is 35.5 Å². The number of amides is 1. The van der Waals surface area contributed by atoms with Crippen LogP contribution in [0.15, 0.2) is 65.1 Å². The average molecular weight is 417 g/mol. The van der Waals surface area contributed by atoms with Gasteiger partial charge in [0.25, 0.3) is 5.91 Å². The predicted molar refractivity (Wildman–Crippen MR) is 119 cm³/mol. The molecule has 31 heavy (non-hydrogen) atoms. The van der Waals surface area contributed by atoms with Crippen molar-refractivity contribution in [1.29, 1.82) is 0 Å². The van der Waals surface area contributed by atoms with Crippen LogP contribution in [0.4, 0.5) is 0 Å². The van der Waals surface area contributed by atoms with E-state index < -0.39 is 0 Å². The van der Waals surface area contributed by atoms with Crippen LogP contribution >= 0.6 is 0 Å². The quantitative estimate of drug-likeness (QED) is 0.525. The summed E-state index contributed by atoms with van der Waals surface area (Å²) in [7, 11) is 0. The topological polar surface area (TPSA) is 55.6 Å². The van der Waals surface area contributed by atoms with Crippen molar-refractivity contribution < 1.29 is 13.9 Å². The van der Waals surface area contributed by atoms with E-state index in [2.05, 4.69) is 12.1 Å². The molecule has 5 nitrogen and oxygen atoms in total. The highest BCUT2D eigenvalue weighted by molar-refractivity contribution is 5.94. The summed E-state index contributed by atoms with van der Waals surface area (Å²) in [6, 6.07) is 20.0. The minimum Gasteiger partial charge on any atom is -0.440 e. The van der Waals surface area contributed by atoms with E-state index in [-0.39, 0.29) is 5.91 Å². The largest absolute Gasteiger partial charge is 0.440 e. The summed E-state index contributed by atoms with van der Waals surface area (Å²) in [4.78, 5) is 20.5. The number of oxazole rings is 1. The lowest BCUT2D eigenvalue weighted by Gasteiger charge is -2.29. The maximum absolute atomic E-state index is 13.8. The zero-order valence-electron chi connectivity index (χ0n) is 17.7. The molecule has 160 valence electrons. The zero-order chi connectivity index (χ0) is 21.0. The molecule has 0 radical (unpaired) electrons. The lowest BCUT2D eigenvalue weighted by Crippen LogP contribution is -2.37. The van der Waals surface area contributed by atoms with Crippen LogP contribution in [0.25, 0.3) is 11.5 Å². The number of benzene rings is 2. The monoisotopic (exact) mass is 416 g/mol. The molecule has 1 saturated carbocycles. The average Bonchev–Trinajstić information content (AvgIpc) is 3.58. The summed E-state index contributed by atoms with van der Waals surface area (Å²) < 4.78 is 11.7. The van der Waals surface area contributed by atoms with Crippen molar-refractivity contribution in [3.63, 3.8) is 0 Å². The number of nitrogens with zero attached hydrogens (tertiary/aromatic N) is 2. The van der Waals surface area contributed by atoms with Crippen molar-refractivity contribution in [3.8, 4) is 11.5 Å². The Morgan fingerprint density at radius 2 is 1.61 bits per heavy atom. The molecule has 2 aromatic carbocycles. The molecule has 2 fully saturated rings. The lowest BCUT2D eigenvalue weighted by molar-refractivity contribution is 0.0442. The first kappa shape index (κ1) is 20.0. The van der Waals surface area contributed by atoms with Gasteiger partial charge in [-0.05, 0) is 49.3 Å². The normalized spacial score (nSPS) is 16.9. The van der Waals surface area contributed by atoms with Crippen LogP contribution in [-0.2, 0) is 11.3 Å². The number of hydrogen-bond acceptors (Lipinski definition) is 4. The molecular formula is C26H28N2O3. The number of ether oxygens (including phenoxy) is 1. The third-order valence-electron chi connectivity index (χ3n) is 6.15. The van der Waals surface area contributed by atoms with Crippen LogP contribution in [0.3, 0.4) is 0 Å². The van der Waals surface area contributed by atoms with Gasteiger partial charge in [-0.2, -0.15) is 0 Å². The SMILES string of the molecule is O=C(c1nc(-c2ccccc2)oc1C1CC1)N(Cc1ccccc1)CC1CCOCC1. The smallest absolute Gasteiger partial charge is 0.276 e. The minimum atomic E-state index is -0.0248. The van der Waals surface area contributed by atoms with Crippen molar-refractivity contribution in [3.05, 3.63) is 77.7 Å². The Morgan fingerprint density at radius 3 is 2.29 bits per heavy atom. The second-order valence-corrected chi connectivity index (χ2v) is 8.60. The Morgan fingerprint density at radius 1 is 0.935 bits per heavy atom. The number of hydrogen-bond donors (Lipinski definition) is 0. The predicted octanol–water partition coefficient (Wildman–Crippen LogP) is 5.29. The van der Waals surface area contributed by atoms with Crippen LogP contribution < -0.4 is 0 Å². The van der Waals surface area contributed by atoms with E-state index in [0.717, 1.165) is 55.8 Å². The third-order valence-corrected chi connectivity index (χ3v) is 6.15. The van der Waals surface area contributed by atoms with Crippen molar-refractivity contribution in [1.82, 2.24) is 9.88 Å². The summed E-state index contributed by atoms with van der Waals surface area (Å²) in [5, 5.41) is 0. The standard InChI is InChI=1S/C26H28N2O3/c29-26(23-24(21-11-12-21)31-25(27-23)22-9-5-2-6-10-22)28(17-19-7-3-1-4-8-19)18-20-13-15-30-16-14-20/h1-10,20-21H,11-18H2. The molecule has 2 aliphatic rings.